The van der Waals surface area contributed by atoms with Crippen LogP contribution in [0.4, 0.5) is 4.39 Å². The Kier molecular flexibility index (Phi) is 4.02. The number of hydrogen-bond acceptors (Lipinski definition) is 3. The Morgan fingerprint density at radius 3 is 2.83 bits per heavy atom. The fraction of sp³-hybridized carbons (Fsp3) is 0.214. The average Bonchev–Trinajstić information content (AvgIpc) is 2.38. The third-order valence-corrected chi connectivity index (χ3v) is 2.97. The molecule has 18 heavy (non-hydrogen) atoms. The maximum Gasteiger partial charge on any atom is 0.123 e. The molecule has 0 aliphatic heterocycles. The van der Waals surface area contributed by atoms with Crippen LogP contribution in [0.5, 0.6) is 0 Å². The summed E-state index contributed by atoms with van der Waals surface area (Å²) in [6.07, 6.45) is 4.26. The molecule has 0 amide bonds. The van der Waals surface area contributed by atoms with Crippen LogP contribution in [0, 0.1) is 12.7 Å². The number of aromatic nitrogens is 1. The van der Waals surface area contributed by atoms with Crippen molar-refractivity contribution in [3.05, 3.63) is 65.2 Å². The second kappa shape index (κ2) is 5.71. The normalized spacial score (nSPS) is 12.4. The Morgan fingerprint density at radius 1 is 1.39 bits per heavy atom. The number of nitrogens with two attached hydrogens (primary N) is 1. The molecule has 0 aliphatic rings. The van der Waals surface area contributed by atoms with Gasteiger partial charge in [0.2, 0.25) is 0 Å². The molecule has 0 fully saturated rings. The molecule has 0 saturated heterocycles. The summed E-state index contributed by atoms with van der Waals surface area (Å²) in [6.45, 7) is 1.88. The summed E-state index contributed by atoms with van der Waals surface area (Å²) >= 11 is 0. The zero-order valence-electron chi connectivity index (χ0n) is 10.2. The average molecular weight is 245 g/mol. The van der Waals surface area contributed by atoms with E-state index in [1.54, 1.807) is 12.3 Å². The quantitative estimate of drug-likeness (QED) is 0.642. The van der Waals surface area contributed by atoms with Gasteiger partial charge in [-0.2, -0.15) is 0 Å². The minimum Gasteiger partial charge on any atom is -0.271 e. The SMILES string of the molecule is Cc1cc(F)ccc1C(Cc1cccnc1)NN. The van der Waals surface area contributed by atoms with Crippen LogP contribution in [0.25, 0.3) is 0 Å². The lowest BCUT2D eigenvalue weighted by Crippen LogP contribution is -2.30. The van der Waals surface area contributed by atoms with Gasteiger partial charge in [-0.1, -0.05) is 12.1 Å². The fourth-order valence-corrected chi connectivity index (χ4v) is 2.04. The molecule has 1 aromatic carbocycles. The molecule has 2 aromatic rings. The highest BCUT2D eigenvalue weighted by molar-refractivity contribution is 5.30. The first-order valence-electron chi connectivity index (χ1n) is 5.82. The number of nitrogens with one attached hydrogen (secondary N) is 1. The molecule has 1 aromatic heterocycles. The second-order valence-corrected chi connectivity index (χ2v) is 4.29. The molecular weight excluding hydrogens is 229 g/mol. The van der Waals surface area contributed by atoms with E-state index >= 15 is 0 Å². The van der Waals surface area contributed by atoms with E-state index in [2.05, 4.69) is 10.4 Å². The van der Waals surface area contributed by atoms with Crippen molar-refractivity contribution in [1.82, 2.24) is 10.4 Å². The highest BCUT2D eigenvalue weighted by Gasteiger charge is 2.13. The van der Waals surface area contributed by atoms with E-state index in [1.807, 2.05) is 25.3 Å². The Morgan fingerprint density at radius 2 is 2.22 bits per heavy atom. The maximum absolute atomic E-state index is 13.1. The number of hydrazine groups is 1. The number of aryl methyl sites for hydroxylation is 1. The highest BCUT2D eigenvalue weighted by Crippen LogP contribution is 2.21. The van der Waals surface area contributed by atoms with Gasteiger partial charge in [0.25, 0.3) is 0 Å². The van der Waals surface area contributed by atoms with Gasteiger partial charge in [0.05, 0.1) is 6.04 Å². The van der Waals surface area contributed by atoms with Crippen molar-refractivity contribution in [1.29, 1.82) is 0 Å². The topological polar surface area (TPSA) is 50.9 Å². The van der Waals surface area contributed by atoms with Crippen LogP contribution in [0.2, 0.25) is 0 Å². The van der Waals surface area contributed by atoms with Gasteiger partial charge in [-0.3, -0.25) is 16.3 Å². The standard InChI is InChI=1S/C14H16FN3/c1-10-7-12(15)4-5-13(10)14(18-16)8-11-3-2-6-17-9-11/h2-7,9,14,18H,8,16H2,1H3. The van der Waals surface area contributed by atoms with Gasteiger partial charge < -0.3 is 0 Å². The highest BCUT2D eigenvalue weighted by atomic mass is 19.1. The van der Waals surface area contributed by atoms with Crippen molar-refractivity contribution < 1.29 is 4.39 Å². The molecule has 0 bridgehead atoms. The third-order valence-electron chi connectivity index (χ3n) is 2.97. The molecule has 2 rings (SSSR count). The maximum atomic E-state index is 13.1. The zero-order chi connectivity index (χ0) is 13.0. The van der Waals surface area contributed by atoms with Gasteiger partial charge >= 0.3 is 0 Å². The van der Waals surface area contributed by atoms with Crippen LogP contribution >= 0.6 is 0 Å². The first-order valence-corrected chi connectivity index (χ1v) is 5.82. The van der Waals surface area contributed by atoms with Gasteiger partial charge in [0, 0.05) is 12.4 Å². The van der Waals surface area contributed by atoms with Gasteiger partial charge in [0.15, 0.2) is 0 Å². The van der Waals surface area contributed by atoms with Crippen molar-refractivity contribution in [3.8, 4) is 0 Å². The number of rotatable bonds is 4. The summed E-state index contributed by atoms with van der Waals surface area (Å²) < 4.78 is 13.1. The predicted molar refractivity (Wildman–Crippen MR) is 69.1 cm³/mol. The van der Waals surface area contributed by atoms with E-state index in [-0.39, 0.29) is 11.9 Å². The Bertz CT molecular complexity index is 514. The molecule has 0 aliphatic carbocycles. The molecule has 3 nitrogen and oxygen atoms in total. The van der Waals surface area contributed by atoms with Crippen molar-refractivity contribution in [2.75, 3.05) is 0 Å². The van der Waals surface area contributed by atoms with Gasteiger partial charge in [-0.15, -0.1) is 0 Å². The Labute approximate surface area is 106 Å². The molecule has 1 atom stereocenters. The van der Waals surface area contributed by atoms with Crippen LogP contribution in [0.15, 0.2) is 42.7 Å². The second-order valence-electron chi connectivity index (χ2n) is 4.29. The lowest BCUT2D eigenvalue weighted by molar-refractivity contribution is 0.545. The summed E-state index contributed by atoms with van der Waals surface area (Å²) in [5.74, 6) is 5.37. The van der Waals surface area contributed by atoms with E-state index in [0.29, 0.717) is 0 Å². The van der Waals surface area contributed by atoms with E-state index in [9.17, 15) is 4.39 Å². The van der Waals surface area contributed by atoms with Crippen LogP contribution in [0.1, 0.15) is 22.7 Å². The molecule has 0 radical (unpaired) electrons. The molecule has 1 unspecified atom stereocenters. The third kappa shape index (κ3) is 2.91. The predicted octanol–water partition coefficient (Wildman–Crippen LogP) is 2.28. The fourth-order valence-electron chi connectivity index (χ4n) is 2.04. The van der Waals surface area contributed by atoms with Crippen LogP contribution < -0.4 is 11.3 Å². The summed E-state index contributed by atoms with van der Waals surface area (Å²) in [7, 11) is 0. The van der Waals surface area contributed by atoms with Crippen LogP contribution in [-0.4, -0.2) is 4.98 Å². The number of benzene rings is 1. The van der Waals surface area contributed by atoms with Gasteiger partial charge in [0.1, 0.15) is 5.82 Å². The minimum absolute atomic E-state index is 0.0465. The summed E-state index contributed by atoms with van der Waals surface area (Å²) in [5.41, 5.74) is 5.76. The molecule has 3 N–H and O–H groups in total. The molecule has 1 heterocycles. The van der Waals surface area contributed by atoms with Crippen molar-refractivity contribution >= 4 is 0 Å². The molecule has 94 valence electrons. The first-order chi connectivity index (χ1) is 8.70. The first kappa shape index (κ1) is 12.7. The Balaban J connectivity index is 2.23. The number of nitrogens with zero attached hydrogens (tertiary/aromatic N) is 1. The van der Waals surface area contributed by atoms with Crippen molar-refractivity contribution in [2.24, 2.45) is 5.84 Å². The van der Waals surface area contributed by atoms with E-state index < -0.39 is 0 Å². The summed E-state index contributed by atoms with van der Waals surface area (Å²) in [6, 6.07) is 8.58. The molecular formula is C14H16FN3. The number of hydrogen-bond donors (Lipinski definition) is 2. The lowest BCUT2D eigenvalue weighted by atomic mass is 9.96. The molecule has 0 saturated carbocycles. The Hall–Kier alpha value is -1.78. The van der Waals surface area contributed by atoms with Crippen LogP contribution in [-0.2, 0) is 6.42 Å². The van der Waals surface area contributed by atoms with E-state index in [1.165, 1.54) is 12.1 Å². The molecule has 0 spiro atoms. The van der Waals surface area contributed by atoms with E-state index in [4.69, 9.17) is 5.84 Å². The lowest BCUT2D eigenvalue weighted by Gasteiger charge is -2.18. The monoisotopic (exact) mass is 245 g/mol. The zero-order valence-corrected chi connectivity index (χ0v) is 10.2. The van der Waals surface area contributed by atoms with Crippen molar-refractivity contribution in [3.63, 3.8) is 0 Å². The summed E-state index contributed by atoms with van der Waals surface area (Å²) in [5, 5.41) is 0. The number of pyridine rings is 1. The van der Waals surface area contributed by atoms with E-state index in [0.717, 1.165) is 23.1 Å². The molecule has 4 heteroatoms. The minimum atomic E-state index is -0.228. The summed E-state index contributed by atoms with van der Waals surface area (Å²) in [4.78, 5) is 4.07. The number of halogens is 1. The van der Waals surface area contributed by atoms with Gasteiger partial charge in [-0.05, 0) is 48.2 Å². The largest absolute Gasteiger partial charge is 0.271 e. The van der Waals surface area contributed by atoms with Crippen molar-refractivity contribution in [2.45, 2.75) is 19.4 Å². The van der Waals surface area contributed by atoms with Gasteiger partial charge in [-0.25, -0.2) is 4.39 Å². The smallest absolute Gasteiger partial charge is 0.123 e. The van der Waals surface area contributed by atoms with Crippen LogP contribution in [0.3, 0.4) is 0 Å².